The van der Waals surface area contributed by atoms with Crippen LogP contribution in [-0.2, 0) is 0 Å². The van der Waals surface area contributed by atoms with Gasteiger partial charge in [-0.05, 0) is 56.2 Å². The Kier molecular flexibility index (Phi) is 5.57. The van der Waals surface area contributed by atoms with Gasteiger partial charge in [0.05, 0.1) is 0 Å². The zero-order valence-corrected chi connectivity index (χ0v) is 16.4. The second-order valence-corrected chi connectivity index (χ2v) is 7.71. The average molecular weight is 382 g/mol. The lowest BCUT2D eigenvalue weighted by molar-refractivity contribution is 0.0558. The summed E-state index contributed by atoms with van der Waals surface area (Å²) in [6, 6.07) is 12.7. The number of piperidine rings is 1. The molecule has 0 spiro atoms. The highest BCUT2D eigenvalue weighted by atomic mass is 19.1. The van der Waals surface area contributed by atoms with Gasteiger partial charge in [-0.15, -0.1) is 0 Å². The highest BCUT2D eigenvalue weighted by Gasteiger charge is 2.30. The third-order valence-electron chi connectivity index (χ3n) is 5.81. The van der Waals surface area contributed by atoms with Gasteiger partial charge in [-0.1, -0.05) is 6.07 Å². The van der Waals surface area contributed by atoms with Crippen molar-refractivity contribution in [2.45, 2.75) is 25.8 Å². The van der Waals surface area contributed by atoms with Crippen LogP contribution in [0, 0.1) is 12.7 Å². The summed E-state index contributed by atoms with van der Waals surface area (Å²) < 4.78 is 13.1. The highest BCUT2D eigenvalue weighted by molar-refractivity contribution is 5.92. The van der Waals surface area contributed by atoms with Gasteiger partial charge in [-0.3, -0.25) is 9.69 Å². The van der Waals surface area contributed by atoms with E-state index in [0.717, 1.165) is 63.5 Å². The third-order valence-corrected chi connectivity index (χ3v) is 5.81. The first-order chi connectivity index (χ1) is 13.6. The first kappa shape index (κ1) is 18.9. The van der Waals surface area contributed by atoms with Gasteiger partial charge < -0.3 is 9.80 Å². The minimum atomic E-state index is -0.197. The van der Waals surface area contributed by atoms with E-state index in [4.69, 9.17) is 0 Å². The molecule has 0 aliphatic carbocycles. The molecule has 2 fully saturated rings. The fourth-order valence-corrected chi connectivity index (χ4v) is 4.26. The van der Waals surface area contributed by atoms with E-state index in [-0.39, 0.29) is 11.7 Å². The smallest absolute Gasteiger partial charge is 0.272 e. The molecule has 2 saturated heterocycles. The SMILES string of the molecule is Cc1cccc(C(=O)N2CCC[C@@H](N3CCN(c4ccc(F)cc4)CC3)C2)n1. The molecule has 0 radical (unpaired) electrons. The summed E-state index contributed by atoms with van der Waals surface area (Å²) in [6.07, 6.45) is 2.15. The van der Waals surface area contributed by atoms with Crippen LogP contribution in [0.1, 0.15) is 29.0 Å². The van der Waals surface area contributed by atoms with Crippen molar-refractivity contribution in [3.8, 4) is 0 Å². The predicted molar refractivity (Wildman–Crippen MR) is 108 cm³/mol. The lowest BCUT2D eigenvalue weighted by Gasteiger charge is -2.43. The number of aryl methyl sites for hydroxylation is 1. The third kappa shape index (κ3) is 4.17. The number of hydrogen-bond acceptors (Lipinski definition) is 4. The Labute approximate surface area is 165 Å². The van der Waals surface area contributed by atoms with Crippen molar-refractivity contribution in [1.29, 1.82) is 0 Å². The van der Waals surface area contributed by atoms with Crippen molar-refractivity contribution in [1.82, 2.24) is 14.8 Å². The van der Waals surface area contributed by atoms with Crippen molar-refractivity contribution in [2.75, 3.05) is 44.2 Å². The van der Waals surface area contributed by atoms with Crippen LogP contribution in [0.4, 0.5) is 10.1 Å². The van der Waals surface area contributed by atoms with Crippen molar-refractivity contribution >= 4 is 11.6 Å². The number of anilines is 1. The Morgan fingerprint density at radius 1 is 1.04 bits per heavy atom. The molecule has 5 nitrogen and oxygen atoms in total. The number of hydrogen-bond donors (Lipinski definition) is 0. The van der Waals surface area contributed by atoms with E-state index >= 15 is 0 Å². The number of carbonyl (C=O) groups excluding carboxylic acids is 1. The molecule has 0 bridgehead atoms. The second kappa shape index (κ2) is 8.27. The first-order valence-electron chi connectivity index (χ1n) is 10.1. The van der Waals surface area contributed by atoms with Gasteiger partial charge in [0.25, 0.3) is 5.91 Å². The summed E-state index contributed by atoms with van der Waals surface area (Å²) in [6.45, 7) is 7.27. The zero-order valence-electron chi connectivity index (χ0n) is 16.4. The van der Waals surface area contributed by atoms with Gasteiger partial charge in [0.15, 0.2) is 0 Å². The van der Waals surface area contributed by atoms with Crippen LogP contribution in [0.15, 0.2) is 42.5 Å². The largest absolute Gasteiger partial charge is 0.369 e. The van der Waals surface area contributed by atoms with E-state index in [2.05, 4.69) is 14.8 Å². The molecule has 4 rings (SSSR count). The van der Waals surface area contributed by atoms with Crippen LogP contribution < -0.4 is 4.90 Å². The predicted octanol–water partition coefficient (Wildman–Crippen LogP) is 2.96. The molecule has 1 aromatic carbocycles. The minimum Gasteiger partial charge on any atom is -0.369 e. The molecular weight excluding hydrogens is 355 g/mol. The molecule has 0 unspecified atom stereocenters. The Morgan fingerprint density at radius 2 is 1.79 bits per heavy atom. The number of amides is 1. The number of piperazine rings is 1. The Bertz CT molecular complexity index is 818. The van der Waals surface area contributed by atoms with E-state index < -0.39 is 0 Å². The first-order valence-corrected chi connectivity index (χ1v) is 10.1. The van der Waals surface area contributed by atoms with Gasteiger partial charge >= 0.3 is 0 Å². The molecule has 6 heteroatoms. The van der Waals surface area contributed by atoms with E-state index in [1.807, 2.05) is 36.1 Å². The van der Waals surface area contributed by atoms with E-state index in [1.54, 1.807) is 6.07 Å². The quantitative estimate of drug-likeness (QED) is 0.818. The van der Waals surface area contributed by atoms with Crippen LogP contribution in [0.2, 0.25) is 0 Å². The van der Waals surface area contributed by atoms with Crippen LogP contribution in [0.3, 0.4) is 0 Å². The number of aromatic nitrogens is 1. The molecule has 2 aliphatic rings. The Morgan fingerprint density at radius 3 is 2.50 bits per heavy atom. The van der Waals surface area contributed by atoms with Gasteiger partial charge in [-0.2, -0.15) is 0 Å². The van der Waals surface area contributed by atoms with Crippen LogP contribution >= 0.6 is 0 Å². The highest BCUT2D eigenvalue weighted by Crippen LogP contribution is 2.22. The molecule has 3 heterocycles. The monoisotopic (exact) mass is 382 g/mol. The molecule has 2 aliphatic heterocycles. The van der Waals surface area contributed by atoms with Gasteiger partial charge in [0, 0.05) is 56.7 Å². The molecule has 0 saturated carbocycles. The van der Waals surface area contributed by atoms with Crippen LogP contribution in [-0.4, -0.2) is 66.0 Å². The van der Waals surface area contributed by atoms with Gasteiger partial charge in [-0.25, -0.2) is 9.37 Å². The number of pyridine rings is 1. The average Bonchev–Trinajstić information content (AvgIpc) is 2.74. The summed E-state index contributed by atoms with van der Waals surface area (Å²) >= 11 is 0. The lowest BCUT2D eigenvalue weighted by atomic mass is 10.0. The summed E-state index contributed by atoms with van der Waals surface area (Å²) in [5.41, 5.74) is 2.49. The molecule has 2 aromatic rings. The summed E-state index contributed by atoms with van der Waals surface area (Å²) in [5, 5.41) is 0. The number of nitrogens with zero attached hydrogens (tertiary/aromatic N) is 4. The number of carbonyl (C=O) groups is 1. The molecular formula is C22H27FN4O. The van der Waals surface area contributed by atoms with Crippen molar-refractivity contribution in [3.63, 3.8) is 0 Å². The Hall–Kier alpha value is -2.47. The molecule has 148 valence electrons. The van der Waals surface area contributed by atoms with E-state index in [1.165, 1.54) is 12.1 Å². The van der Waals surface area contributed by atoms with E-state index in [9.17, 15) is 9.18 Å². The fourth-order valence-electron chi connectivity index (χ4n) is 4.26. The normalized spacial score (nSPS) is 21.0. The van der Waals surface area contributed by atoms with Gasteiger partial charge in [0.2, 0.25) is 0 Å². The lowest BCUT2D eigenvalue weighted by Crippen LogP contribution is -2.56. The zero-order chi connectivity index (χ0) is 19.5. The summed E-state index contributed by atoms with van der Waals surface area (Å²) in [4.78, 5) is 24.0. The molecule has 0 N–H and O–H groups in total. The second-order valence-electron chi connectivity index (χ2n) is 7.71. The molecule has 1 aromatic heterocycles. The number of likely N-dealkylation sites (tertiary alicyclic amines) is 1. The maximum absolute atomic E-state index is 13.1. The van der Waals surface area contributed by atoms with Crippen molar-refractivity contribution in [2.24, 2.45) is 0 Å². The molecule has 1 atom stereocenters. The standard InChI is InChI=1S/C22H27FN4O/c1-17-4-2-6-21(24-17)22(28)27-11-3-5-20(16-27)26-14-12-25(13-15-26)19-9-7-18(23)8-10-19/h2,4,6-10,20H,3,5,11-16H2,1H3/t20-/m1/s1. The van der Waals surface area contributed by atoms with Gasteiger partial charge in [0.1, 0.15) is 11.5 Å². The van der Waals surface area contributed by atoms with Crippen LogP contribution in [0.5, 0.6) is 0 Å². The number of halogens is 1. The maximum Gasteiger partial charge on any atom is 0.272 e. The Balaban J connectivity index is 1.35. The summed E-state index contributed by atoms with van der Waals surface area (Å²) in [5.74, 6) is -0.157. The van der Waals surface area contributed by atoms with Crippen molar-refractivity contribution in [3.05, 3.63) is 59.7 Å². The topological polar surface area (TPSA) is 39.7 Å². The fraction of sp³-hybridized carbons (Fsp3) is 0.455. The molecule has 28 heavy (non-hydrogen) atoms. The number of benzene rings is 1. The van der Waals surface area contributed by atoms with E-state index in [0.29, 0.717) is 11.7 Å². The minimum absolute atomic E-state index is 0.0401. The summed E-state index contributed by atoms with van der Waals surface area (Å²) in [7, 11) is 0. The number of rotatable bonds is 3. The van der Waals surface area contributed by atoms with Crippen LogP contribution in [0.25, 0.3) is 0 Å². The van der Waals surface area contributed by atoms with Crippen molar-refractivity contribution < 1.29 is 9.18 Å². The molecule has 1 amide bonds. The maximum atomic E-state index is 13.1.